The summed E-state index contributed by atoms with van der Waals surface area (Å²) >= 11 is 0. The van der Waals surface area contributed by atoms with Gasteiger partial charge in [-0.15, -0.1) is 0 Å². The molecule has 1 aliphatic heterocycles. The average Bonchev–Trinajstić information content (AvgIpc) is 2.14. The van der Waals surface area contributed by atoms with E-state index >= 15 is 0 Å². The maximum Gasteiger partial charge on any atom is 0.237 e. The van der Waals surface area contributed by atoms with Crippen molar-refractivity contribution in [3.8, 4) is 0 Å². The predicted molar refractivity (Wildman–Crippen MR) is 42.7 cm³/mol. The lowest BCUT2D eigenvalue weighted by Gasteiger charge is -2.09. The van der Waals surface area contributed by atoms with E-state index in [2.05, 4.69) is 4.99 Å². The van der Waals surface area contributed by atoms with Gasteiger partial charge in [0.1, 0.15) is 6.54 Å². The van der Waals surface area contributed by atoms with Crippen LogP contribution in [0.4, 0.5) is 0 Å². The second-order valence-corrected chi connectivity index (χ2v) is 2.09. The normalized spacial score (nSPS) is 15.1. The monoisotopic (exact) mass is 151 g/mol. The third-order valence-corrected chi connectivity index (χ3v) is 1.11. The quantitative estimate of drug-likeness (QED) is 0.596. The SMILES string of the molecule is NC(=O)CN1C=CC=CN=C1. The van der Waals surface area contributed by atoms with Gasteiger partial charge in [0.05, 0.1) is 6.34 Å². The number of aliphatic imine (C=N–C) groups is 1. The molecule has 0 spiro atoms. The van der Waals surface area contributed by atoms with E-state index in [1.807, 2.05) is 0 Å². The fourth-order valence-corrected chi connectivity index (χ4v) is 0.696. The summed E-state index contributed by atoms with van der Waals surface area (Å²) in [6.07, 6.45) is 8.48. The Kier molecular flexibility index (Phi) is 2.43. The van der Waals surface area contributed by atoms with Crippen molar-refractivity contribution in [1.82, 2.24) is 4.90 Å². The Labute approximate surface area is 64.7 Å². The van der Waals surface area contributed by atoms with Crippen molar-refractivity contribution >= 4 is 12.2 Å². The number of rotatable bonds is 2. The molecule has 0 atom stereocenters. The van der Waals surface area contributed by atoms with Crippen LogP contribution in [0.2, 0.25) is 0 Å². The number of amides is 1. The molecule has 0 unspecified atom stereocenters. The molecule has 0 fully saturated rings. The van der Waals surface area contributed by atoms with Gasteiger partial charge in [-0.3, -0.25) is 4.79 Å². The molecule has 0 radical (unpaired) electrons. The van der Waals surface area contributed by atoms with Gasteiger partial charge in [-0.25, -0.2) is 4.99 Å². The molecule has 0 bridgehead atoms. The van der Waals surface area contributed by atoms with Crippen LogP contribution in [0.25, 0.3) is 0 Å². The zero-order valence-electron chi connectivity index (χ0n) is 5.97. The highest BCUT2D eigenvalue weighted by atomic mass is 16.1. The number of hydrogen-bond donors (Lipinski definition) is 1. The molecule has 4 nitrogen and oxygen atoms in total. The van der Waals surface area contributed by atoms with Gasteiger partial charge in [0.25, 0.3) is 0 Å². The number of carbonyl (C=O) groups is 1. The second kappa shape index (κ2) is 3.55. The molecule has 58 valence electrons. The summed E-state index contributed by atoms with van der Waals surface area (Å²) in [4.78, 5) is 15.9. The lowest BCUT2D eigenvalue weighted by Crippen LogP contribution is -2.28. The van der Waals surface area contributed by atoms with Gasteiger partial charge in [0.2, 0.25) is 5.91 Å². The summed E-state index contributed by atoms with van der Waals surface area (Å²) in [5, 5.41) is 0. The van der Waals surface area contributed by atoms with Crippen LogP contribution in [-0.2, 0) is 4.79 Å². The second-order valence-electron chi connectivity index (χ2n) is 2.09. The Morgan fingerprint density at radius 2 is 2.36 bits per heavy atom. The van der Waals surface area contributed by atoms with Gasteiger partial charge >= 0.3 is 0 Å². The summed E-state index contributed by atoms with van der Waals surface area (Å²) in [5.41, 5.74) is 4.98. The molecule has 11 heavy (non-hydrogen) atoms. The van der Waals surface area contributed by atoms with Gasteiger partial charge in [0, 0.05) is 12.4 Å². The van der Waals surface area contributed by atoms with Crippen LogP contribution in [0.3, 0.4) is 0 Å². The number of hydrogen-bond acceptors (Lipinski definition) is 3. The van der Waals surface area contributed by atoms with Crippen molar-refractivity contribution in [3.63, 3.8) is 0 Å². The average molecular weight is 151 g/mol. The molecule has 0 saturated carbocycles. The zero-order chi connectivity index (χ0) is 8.10. The van der Waals surface area contributed by atoms with E-state index in [-0.39, 0.29) is 12.5 Å². The van der Waals surface area contributed by atoms with E-state index in [1.165, 1.54) is 0 Å². The standard InChI is InChI=1S/C7H9N3O/c8-7(11)5-10-4-2-1-3-9-6-10/h1-4,6H,5H2,(H2,8,11). The molecule has 1 amide bonds. The summed E-state index contributed by atoms with van der Waals surface area (Å²) in [6, 6.07) is 0. The van der Waals surface area contributed by atoms with Crippen LogP contribution < -0.4 is 5.73 Å². The van der Waals surface area contributed by atoms with Crippen LogP contribution in [0, 0.1) is 0 Å². The maximum atomic E-state index is 10.4. The third-order valence-electron chi connectivity index (χ3n) is 1.11. The number of carbonyl (C=O) groups excluding carboxylic acids is 1. The lowest BCUT2D eigenvalue weighted by atomic mass is 10.5. The Balaban J connectivity index is 2.53. The smallest absolute Gasteiger partial charge is 0.237 e. The highest BCUT2D eigenvalue weighted by Crippen LogP contribution is 1.91. The Hall–Kier alpha value is -1.58. The molecule has 0 aromatic carbocycles. The van der Waals surface area contributed by atoms with Gasteiger partial charge in [0.15, 0.2) is 0 Å². The lowest BCUT2D eigenvalue weighted by molar-refractivity contribution is -0.117. The fourth-order valence-electron chi connectivity index (χ4n) is 0.696. The minimum atomic E-state index is -0.372. The molecule has 1 aliphatic rings. The minimum Gasteiger partial charge on any atom is -0.368 e. The molecule has 2 N–H and O–H groups in total. The van der Waals surface area contributed by atoms with Crippen LogP contribution in [0.1, 0.15) is 0 Å². The predicted octanol–water partition coefficient (Wildman–Crippen LogP) is -0.157. The van der Waals surface area contributed by atoms with E-state index in [9.17, 15) is 4.79 Å². The minimum absolute atomic E-state index is 0.168. The molecule has 0 aromatic rings. The first-order valence-corrected chi connectivity index (χ1v) is 3.20. The van der Waals surface area contributed by atoms with E-state index < -0.39 is 0 Å². The Morgan fingerprint density at radius 1 is 1.55 bits per heavy atom. The Morgan fingerprint density at radius 3 is 3.09 bits per heavy atom. The van der Waals surface area contributed by atoms with E-state index in [4.69, 9.17) is 5.73 Å². The summed E-state index contributed by atoms with van der Waals surface area (Å²) in [6.45, 7) is 0.168. The molecule has 0 saturated heterocycles. The molecule has 0 aromatic heterocycles. The van der Waals surface area contributed by atoms with Gasteiger partial charge in [-0.05, 0) is 12.2 Å². The number of primary amides is 1. The number of nitrogens with zero attached hydrogens (tertiary/aromatic N) is 2. The molecule has 1 heterocycles. The number of allylic oxidation sites excluding steroid dienone is 2. The van der Waals surface area contributed by atoms with Crippen molar-refractivity contribution < 1.29 is 4.79 Å². The highest BCUT2D eigenvalue weighted by molar-refractivity contribution is 5.79. The van der Waals surface area contributed by atoms with Crippen molar-refractivity contribution in [3.05, 3.63) is 24.6 Å². The molecule has 0 aliphatic carbocycles. The van der Waals surface area contributed by atoms with E-state index in [0.29, 0.717) is 0 Å². The molecule has 4 heteroatoms. The van der Waals surface area contributed by atoms with Gasteiger partial charge < -0.3 is 10.6 Å². The fraction of sp³-hybridized carbons (Fsp3) is 0.143. The summed E-state index contributed by atoms with van der Waals surface area (Å²) in [7, 11) is 0. The van der Waals surface area contributed by atoms with Crippen LogP contribution in [0.5, 0.6) is 0 Å². The molecular weight excluding hydrogens is 142 g/mol. The first-order valence-electron chi connectivity index (χ1n) is 3.20. The zero-order valence-corrected chi connectivity index (χ0v) is 5.97. The van der Waals surface area contributed by atoms with Crippen LogP contribution >= 0.6 is 0 Å². The van der Waals surface area contributed by atoms with Crippen LogP contribution in [0.15, 0.2) is 29.5 Å². The van der Waals surface area contributed by atoms with Crippen molar-refractivity contribution in [2.75, 3.05) is 6.54 Å². The van der Waals surface area contributed by atoms with E-state index in [1.54, 1.807) is 35.8 Å². The molecular formula is C7H9N3O. The van der Waals surface area contributed by atoms with E-state index in [0.717, 1.165) is 0 Å². The van der Waals surface area contributed by atoms with Crippen molar-refractivity contribution in [1.29, 1.82) is 0 Å². The highest BCUT2D eigenvalue weighted by Gasteiger charge is 1.99. The first-order chi connectivity index (χ1) is 5.29. The largest absolute Gasteiger partial charge is 0.368 e. The maximum absolute atomic E-state index is 10.4. The third kappa shape index (κ3) is 2.66. The van der Waals surface area contributed by atoms with Gasteiger partial charge in [-0.2, -0.15) is 0 Å². The number of nitrogens with two attached hydrogens (primary N) is 1. The Bertz CT molecular complexity index is 214. The topological polar surface area (TPSA) is 58.7 Å². The van der Waals surface area contributed by atoms with Crippen molar-refractivity contribution in [2.45, 2.75) is 0 Å². The molecule has 1 rings (SSSR count). The first kappa shape index (κ1) is 7.53. The van der Waals surface area contributed by atoms with Gasteiger partial charge in [-0.1, -0.05) is 0 Å². The summed E-state index contributed by atoms with van der Waals surface area (Å²) in [5.74, 6) is -0.372. The van der Waals surface area contributed by atoms with Crippen molar-refractivity contribution in [2.24, 2.45) is 10.7 Å². The summed E-state index contributed by atoms with van der Waals surface area (Å²) < 4.78 is 0. The van der Waals surface area contributed by atoms with Crippen LogP contribution in [-0.4, -0.2) is 23.7 Å².